The number of allylic oxidation sites excluding steroid dienone is 12. The van der Waals surface area contributed by atoms with Crippen LogP contribution in [0.2, 0.25) is 0 Å². The molecule has 0 aromatic carbocycles. The number of hydrogen-bond donors (Lipinski definition) is 4. The Morgan fingerprint density at radius 1 is 0.333 bits per heavy atom. The van der Waals surface area contributed by atoms with Crippen LogP contribution in [-0.2, 0) is 55.8 Å². The van der Waals surface area contributed by atoms with Gasteiger partial charge in [-0.2, -0.15) is 0 Å². The molecule has 0 radical (unpaired) electrons. The Kier molecular flexibility index (Phi) is 61.0. The molecule has 0 aliphatic heterocycles. The molecule has 506 valence electrons. The Morgan fingerprint density at radius 3 is 0.977 bits per heavy atom. The predicted octanol–water partition coefficient (Wildman–Crippen LogP) is 18.8. The number of unbranched alkanes of at least 4 members (excludes halogenated alkanes) is 30. The first-order valence-electron chi connectivity index (χ1n) is 34.2. The van der Waals surface area contributed by atoms with E-state index in [0.29, 0.717) is 19.3 Å². The van der Waals surface area contributed by atoms with Crippen LogP contribution in [0, 0.1) is 0 Å². The summed E-state index contributed by atoms with van der Waals surface area (Å²) in [6.45, 7) is 2.55. The number of hydrogen-bond acceptors (Lipinski definition) is 14. The third-order valence-electron chi connectivity index (χ3n) is 14.4. The van der Waals surface area contributed by atoms with Crippen LogP contribution in [-0.4, -0.2) is 95.9 Å². The van der Waals surface area contributed by atoms with Crippen molar-refractivity contribution < 1.29 is 75.8 Å². The quantitative estimate of drug-likeness (QED) is 0.0146. The molecule has 0 rings (SSSR count). The lowest BCUT2D eigenvalue weighted by Gasteiger charge is -2.21. The predicted molar refractivity (Wildman–Crippen MR) is 353 cm³/mol. The van der Waals surface area contributed by atoms with E-state index in [1.54, 1.807) is 0 Å². The minimum atomic E-state index is -4.92. The number of rotatable bonds is 65. The van der Waals surface area contributed by atoms with E-state index in [1.165, 1.54) is 103 Å². The lowest BCUT2D eigenvalue weighted by Crippen LogP contribution is -2.30. The Morgan fingerprint density at radius 2 is 0.609 bits per heavy atom. The topological polar surface area (TPSA) is 231 Å². The highest BCUT2D eigenvalue weighted by Gasteiger charge is 2.29. The van der Waals surface area contributed by atoms with Gasteiger partial charge < -0.3 is 34.2 Å². The Balaban J connectivity index is 4.63. The van der Waals surface area contributed by atoms with E-state index in [9.17, 15) is 43.5 Å². The fraction of sp³-hybridized carbons (Fsp3) is 0.783. The van der Waals surface area contributed by atoms with E-state index in [-0.39, 0.29) is 19.3 Å². The van der Waals surface area contributed by atoms with Gasteiger partial charge in [0.1, 0.15) is 25.4 Å². The third kappa shape index (κ3) is 64.3. The molecule has 0 aliphatic carbocycles. The molecule has 0 spiro atoms. The summed E-state index contributed by atoms with van der Waals surface area (Å²) in [7, 11) is -9.77. The van der Waals surface area contributed by atoms with Gasteiger partial charge in [-0.1, -0.05) is 254 Å². The summed E-state index contributed by atoms with van der Waals surface area (Å²) in [6, 6.07) is 0. The first-order valence-corrected chi connectivity index (χ1v) is 37.2. The monoisotopic (exact) mass is 1270 g/mol. The van der Waals surface area contributed by atoms with Crippen LogP contribution in [0.3, 0.4) is 0 Å². The van der Waals surface area contributed by atoms with Crippen molar-refractivity contribution in [3.63, 3.8) is 0 Å². The molecule has 87 heavy (non-hydrogen) atoms. The van der Waals surface area contributed by atoms with E-state index < -0.39 is 91.5 Å². The Hall–Kier alpha value is -3.01. The number of carbonyl (C=O) groups is 3. The number of esters is 3. The van der Waals surface area contributed by atoms with Gasteiger partial charge in [0.2, 0.25) is 0 Å². The fourth-order valence-electron chi connectivity index (χ4n) is 9.18. The lowest BCUT2D eigenvalue weighted by molar-refractivity contribution is -0.161. The van der Waals surface area contributed by atoms with Crippen molar-refractivity contribution in [1.29, 1.82) is 0 Å². The molecule has 0 fully saturated rings. The van der Waals surface area contributed by atoms with E-state index in [1.807, 2.05) is 0 Å². The first-order chi connectivity index (χ1) is 42.2. The molecular formula is C69H124O16P2. The van der Waals surface area contributed by atoms with Gasteiger partial charge in [0.05, 0.1) is 26.4 Å². The molecule has 16 nitrogen and oxygen atoms in total. The molecule has 0 saturated carbocycles. The zero-order chi connectivity index (χ0) is 63.8. The second kappa shape index (κ2) is 63.2. The van der Waals surface area contributed by atoms with Gasteiger partial charge in [-0.05, 0) is 89.9 Å². The number of aliphatic hydroxyl groups is 2. The smallest absolute Gasteiger partial charge is 0.463 e. The molecule has 4 N–H and O–H groups in total. The summed E-state index contributed by atoms with van der Waals surface area (Å²) in [5, 5.41) is 20.5. The van der Waals surface area contributed by atoms with Crippen LogP contribution in [0.1, 0.15) is 290 Å². The van der Waals surface area contributed by atoms with Crippen molar-refractivity contribution >= 4 is 33.6 Å². The average molecular weight is 1270 g/mol. The summed E-state index contributed by atoms with van der Waals surface area (Å²) in [6.07, 6.45) is 65.2. The van der Waals surface area contributed by atoms with Crippen LogP contribution < -0.4 is 0 Å². The van der Waals surface area contributed by atoms with Crippen molar-refractivity contribution in [2.45, 2.75) is 309 Å². The molecule has 0 aromatic rings. The van der Waals surface area contributed by atoms with Gasteiger partial charge in [0.25, 0.3) is 0 Å². The maximum absolute atomic E-state index is 12.9. The average Bonchev–Trinajstić information content (AvgIpc) is 3.68. The Bertz CT molecular complexity index is 1880. The summed E-state index contributed by atoms with van der Waals surface area (Å²) < 4.78 is 60.9. The summed E-state index contributed by atoms with van der Waals surface area (Å²) in [4.78, 5) is 58.3. The number of carbonyl (C=O) groups excluding carboxylic acids is 3. The highest BCUT2D eigenvalue weighted by Crippen LogP contribution is 2.45. The molecule has 5 unspecified atom stereocenters. The zero-order valence-electron chi connectivity index (χ0n) is 54.7. The molecule has 5 atom stereocenters. The van der Waals surface area contributed by atoms with Gasteiger partial charge in [0.15, 0.2) is 6.10 Å². The molecular weight excluding hydrogens is 1150 g/mol. The number of ether oxygens (including phenoxy) is 3. The van der Waals surface area contributed by atoms with Crippen LogP contribution in [0.25, 0.3) is 0 Å². The van der Waals surface area contributed by atoms with Crippen molar-refractivity contribution in [3.8, 4) is 0 Å². The summed E-state index contributed by atoms with van der Waals surface area (Å²) >= 11 is 0. The molecule has 0 bridgehead atoms. The normalized spacial score (nSPS) is 14.7. The van der Waals surface area contributed by atoms with E-state index in [4.69, 9.17) is 32.3 Å². The number of aliphatic hydroxyl groups excluding tert-OH is 2. The maximum Gasteiger partial charge on any atom is 0.472 e. The van der Waals surface area contributed by atoms with Gasteiger partial charge >= 0.3 is 33.6 Å². The maximum atomic E-state index is 12.9. The molecule has 18 heteroatoms. The fourth-order valence-corrected chi connectivity index (χ4v) is 10.8. The number of phosphoric acid groups is 2. The van der Waals surface area contributed by atoms with E-state index in [2.05, 4.69) is 93.7 Å². The SMILES string of the molecule is CC/C=C\C/C=C\C/C=C\C/C=C\C/C=C\CCCCCCCC(=O)OCC(O)COP(=O)(O)OCC(O)COP(=O)(O)OCC(COC(=O)CCCCCCC/C=C\CCCCCCCC)OC(=O)CCCCCCCCCCCCCCCCC. The van der Waals surface area contributed by atoms with Crippen LogP contribution >= 0.6 is 15.6 Å². The van der Waals surface area contributed by atoms with Crippen molar-refractivity contribution in [3.05, 3.63) is 72.9 Å². The van der Waals surface area contributed by atoms with Gasteiger partial charge in [-0.15, -0.1) is 0 Å². The summed E-state index contributed by atoms with van der Waals surface area (Å²) in [5.41, 5.74) is 0. The molecule has 0 heterocycles. The molecule has 0 saturated heterocycles. The minimum absolute atomic E-state index is 0.108. The summed E-state index contributed by atoms with van der Waals surface area (Å²) in [5.74, 6) is -1.59. The van der Waals surface area contributed by atoms with Crippen LogP contribution in [0.4, 0.5) is 0 Å². The highest BCUT2D eigenvalue weighted by molar-refractivity contribution is 7.47. The van der Waals surface area contributed by atoms with Gasteiger partial charge in [-0.25, -0.2) is 9.13 Å². The lowest BCUT2D eigenvalue weighted by atomic mass is 10.0. The van der Waals surface area contributed by atoms with Gasteiger partial charge in [0, 0.05) is 19.3 Å². The second-order valence-corrected chi connectivity index (χ2v) is 25.9. The number of phosphoric ester groups is 2. The Labute approximate surface area is 528 Å². The van der Waals surface area contributed by atoms with E-state index >= 15 is 0 Å². The highest BCUT2D eigenvalue weighted by atomic mass is 31.2. The molecule has 0 aromatic heterocycles. The molecule has 0 amide bonds. The van der Waals surface area contributed by atoms with E-state index in [0.717, 1.165) is 128 Å². The minimum Gasteiger partial charge on any atom is -0.463 e. The first kappa shape index (κ1) is 84.0. The van der Waals surface area contributed by atoms with Crippen LogP contribution in [0.5, 0.6) is 0 Å². The van der Waals surface area contributed by atoms with Crippen LogP contribution in [0.15, 0.2) is 72.9 Å². The van der Waals surface area contributed by atoms with Crippen molar-refractivity contribution in [1.82, 2.24) is 0 Å². The standard InChI is InChI=1S/C69H124O16P2/c1-4-7-10-13-16-19-22-25-28-29-30-31-32-33-36-38-40-43-46-49-52-55-67(72)79-58-64(70)59-81-86(75,76)82-60-65(71)61-83-87(77,78)84-63-66(85-69(74)57-54-51-48-45-42-39-35-27-24-21-18-15-12-9-6-3)62-80-68(73)56-53-50-47-44-41-37-34-26-23-20-17-14-11-8-5-2/h7,10,16,19,25-26,28,30-31,33-34,36,64-66,70-71H,4-6,8-9,11-15,17-18,20-24,27,29,32,35,37-63H2,1-3H3,(H,75,76)(H,77,78)/b10-7-,19-16-,28-25-,31-30-,34-26-,36-33-. The largest absolute Gasteiger partial charge is 0.472 e. The van der Waals surface area contributed by atoms with Crippen molar-refractivity contribution in [2.24, 2.45) is 0 Å². The zero-order valence-corrected chi connectivity index (χ0v) is 56.5. The second-order valence-electron chi connectivity index (χ2n) is 23.0. The van der Waals surface area contributed by atoms with Gasteiger partial charge in [-0.3, -0.25) is 32.5 Å². The molecule has 0 aliphatic rings. The third-order valence-corrected chi connectivity index (χ3v) is 16.3. The van der Waals surface area contributed by atoms with Crippen molar-refractivity contribution in [2.75, 3.05) is 39.6 Å².